The number of nitrogens with two attached hydrogens (primary N) is 1. The number of hydrogen-bond acceptors (Lipinski definition) is 3. The van der Waals surface area contributed by atoms with Crippen LogP contribution in [0, 0.1) is 0 Å². The van der Waals surface area contributed by atoms with Crippen LogP contribution >= 0.6 is 0 Å². The molecule has 0 amide bonds. The highest BCUT2D eigenvalue weighted by Crippen LogP contribution is 2.16. The maximum absolute atomic E-state index is 9.32. The second-order valence-corrected chi connectivity index (χ2v) is 3.41. The molecule has 74 valence electrons. The van der Waals surface area contributed by atoms with Gasteiger partial charge in [-0.1, -0.05) is 0 Å². The molecule has 0 saturated heterocycles. The van der Waals surface area contributed by atoms with E-state index in [2.05, 4.69) is 9.97 Å². The second kappa shape index (κ2) is 3.40. The summed E-state index contributed by atoms with van der Waals surface area (Å²) in [5.41, 5.74) is 8.34. The lowest BCUT2D eigenvalue weighted by Gasteiger charge is -2.13. The second-order valence-electron chi connectivity index (χ2n) is 3.41. The Morgan fingerprint density at radius 2 is 2.21 bits per heavy atom. The molecule has 2 rings (SSSR count). The monoisotopic (exact) mass is 191 g/mol. The molecule has 14 heavy (non-hydrogen) atoms. The number of nitrogens with zero attached hydrogens (tertiary/aromatic N) is 1. The summed E-state index contributed by atoms with van der Waals surface area (Å²) in [6.45, 7) is 1.66. The summed E-state index contributed by atoms with van der Waals surface area (Å²) in [5.74, 6) is 0. The minimum atomic E-state index is -0.584. The van der Waals surface area contributed by atoms with Crippen LogP contribution < -0.4 is 5.73 Å². The van der Waals surface area contributed by atoms with E-state index in [1.165, 1.54) is 0 Å². The number of hydrogen-bond donors (Lipinski definition) is 3. The Morgan fingerprint density at radius 3 is 2.93 bits per heavy atom. The number of aromatic nitrogens is 2. The van der Waals surface area contributed by atoms with Crippen molar-refractivity contribution in [3.8, 4) is 0 Å². The summed E-state index contributed by atoms with van der Waals surface area (Å²) in [5, 5.41) is 9.32. The molecule has 2 atom stereocenters. The predicted molar refractivity (Wildman–Crippen MR) is 54.7 cm³/mol. The van der Waals surface area contributed by atoms with Gasteiger partial charge in [0, 0.05) is 6.20 Å². The number of H-pyrrole nitrogens is 1. The number of aliphatic hydroxyl groups excluding tert-OH is 1. The van der Waals surface area contributed by atoms with Gasteiger partial charge in [0.05, 0.1) is 28.9 Å². The van der Waals surface area contributed by atoms with Crippen LogP contribution in [0.25, 0.3) is 11.0 Å². The summed E-state index contributed by atoms with van der Waals surface area (Å²) in [4.78, 5) is 7.39. The van der Waals surface area contributed by atoms with Crippen LogP contribution in [0.2, 0.25) is 0 Å². The van der Waals surface area contributed by atoms with Gasteiger partial charge in [-0.3, -0.25) is 0 Å². The van der Waals surface area contributed by atoms with Crippen LogP contribution in [0.1, 0.15) is 18.7 Å². The van der Waals surface area contributed by atoms with E-state index in [0.717, 1.165) is 11.0 Å². The molecule has 0 unspecified atom stereocenters. The molecule has 0 bridgehead atoms. The number of nitrogens with one attached hydrogen (secondary N) is 1. The summed E-state index contributed by atoms with van der Waals surface area (Å²) >= 11 is 0. The Labute approximate surface area is 81.8 Å². The number of pyridine rings is 1. The van der Waals surface area contributed by atoms with Gasteiger partial charge in [-0.05, 0) is 25.1 Å². The fraction of sp³-hybridized carbons (Fsp3) is 0.300. The molecular formula is C10H13N3O. The molecule has 2 aromatic heterocycles. The fourth-order valence-electron chi connectivity index (χ4n) is 1.38. The summed E-state index contributed by atoms with van der Waals surface area (Å²) in [6, 6.07) is 5.21. The first kappa shape index (κ1) is 9.18. The van der Waals surface area contributed by atoms with Crippen LogP contribution in [0.4, 0.5) is 0 Å². The molecule has 0 spiro atoms. The van der Waals surface area contributed by atoms with Crippen molar-refractivity contribution < 1.29 is 5.11 Å². The zero-order valence-corrected chi connectivity index (χ0v) is 7.94. The average Bonchev–Trinajstić information content (AvgIpc) is 2.62. The molecule has 0 radical (unpaired) electrons. The minimum absolute atomic E-state index is 0.422. The van der Waals surface area contributed by atoms with Crippen LogP contribution in [0.3, 0.4) is 0 Å². The van der Waals surface area contributed by atoms with Crippen molar-refractivity contribution in [1.29, 1.82) is 0 Å². The minimum Gasteiger partial charge on any atom is -0.391 e. The highest BCUT2D eigenvalue weighted by Gasteiger charge is 2.13. The van der Waals surface area contributed by atoms with Crippen molar-refractivity contribution in [3.05, 3.63) is 30.1 Å². The molecule has 4 N–H and O–H groups in total. The van der Waals surface area contributed by atoms with Gasteiger partial charge in [-0.25, -0.2) is 4.98 Å². The topological polar surface area (TPSA) is 74.9 Å². The van der Waals surface area contributed by atoms with Gasteiger partial charge in [-0.15, -0.1) is 0 Å². The van der Waals surface area contributed by atoms with Crippen molar-refractivity contribution in [3.63, 3.8) is 0 Å². The third-order valence-corrected chi connectivity index (χ3v) is 2.29. The molecule has 0 aromatic carbocycles. The van der Waals surface area contributed by atoms with E-state index in [1.807, 2.05) is 24.4 Å². The normalized spacial score (nSPS) is 15.6. The maximum atomic E-state index is 9.32. The van der Waals surface area contributed by atoms with Crippen LogP contribution in [0.15, 0.2) is 24.4 Å². The molecule has 4 heteroatoms. The van der Waals surface area contributed by atoms with Crippen molar-refractivity contribution in [2.45, 2.75) is 19.1 Å². The van der Waals surface area contributed by atoms with Crippen LogP contribution in [-0.2, 0) is 0 Å². The van der Waals surface area contributed by atoms with E-state index in [9.17, 15) is 5.11 Å². The molecule has 0 saturated carbocycles. The number of rotatable bonds is 2. The van der Waals surface area contributed by atoms with Crippen LogP contribution in [0.5, 0.6) is 0 Å². The van der Waals surface area contributed by atoms with E-state index in [-0.39, 0.29) is 0 Å². The van der Waals surface area contributed by atoms with Crippen molar-refractivity contribution in [2.75, 3.05) is 0 Å². The third-order valence-electron chi connectivity index (χ3n) is 2.29. The molecule has 2 aromatic rings. The quantitative estimate of drug-likeness (QED) is 0.661. The molecule has 0 fully saturated rings. The van der Waals surface area contributed by atoms with E-state index >= 15 is 0 Å². The largest absolute Gasteiger partial charge is 0.391 e. The highest BCUT2D eigenvalue weighted by atomic mass is 16.3. The highest BCUT2D eigenvalue weighted by molar-refractivity contribution is 5.74. The van der Waals surface area contributed by atoms with E-state index in [0.29, 0.717) is 5.69 Å². The number of aliphatic hydroxyl groups is 1. The molecule has 2 heterocycles. The Morgan fingerprint density at radius 1 is 1.43 bits per heavy atom. The van der Waals surface area contributed by atoms with Gasteiger partial charge in [0.25, 0.3) is 0 Å². The van der Waals surface area contributed by atoms with E-state index in [4.69, 9.17) is 5.73 Å². The SMILES string of the molecule is C[C@H](O)[C@H](N)c1ccc2[nH]ccc2n1. The fourth-order valence-corrected chi connectivity index (χ4v) is 1.38. The predicted octanol–water partition coefficient (Wildman–Crippen LogP) is 0.944. The van der Waals surface area contributed by atoms with Crippen molar-refractivity contribution in [2.24, 2.45) is 5.73 Å². The number of aromatic amines is 1. The first-order valence-electron chi connectivity index (χ1n) is 4.56. The Kier molecular flexibility index (Phi) is 2.23. The summed E-state index contributed by atoms with van der Waals surface area (Å²) in [6.07, 6.45) is 1.24. The Hall–Kier alpha value is -1.39. The molecule has 0 aliphatic rings. The van der Waals surface area contributed by atoms with Gasteiger partial charge in [0.15, 0.2) is 0 Å². The van der Waals surface area contributed by atoms with Crippen LogP contribution in [-0.4, -0.2) is 21.2 Å². The Bertz CT molecular complexity index is 436. The van der Waals surface area contributed by atoms with Gasteiger partial charge in [0.1, 0.15) is 0 Å². The zero-order chi connectivity index (χ0) is 10.1. The standard InChI is InChI=1S/C10H13N3O/c1-6(14)10(11)9-3-2-7-8(13-9)4-5-12-7/h2-6,10,12,14H,11H2,1H3/t6-,10-/m0/s1. The Balaban J connectivity index is 2.43. The van der Waals surface area contributed by atoms with Crippen molar-refractivity contribution in [1.82, 2.24) is 9.97 Å². The molecule has 0 aliphatic carbocycles. The first-order valence-corrected chi connectivity index (χ1v) is 4.56. The van der Waals surface area contributed by atoms with Gasteiger partial charge in [0.2, 0.25) is 0 Å². The zero-order valence-electron chi connectivity index (χ0n) is 7.94. The molecular weight excluding hydrogens is 178 g/mol. The lowest BCUT2D eigenvalue weighted by molar-refractivity contribution is 0.162. The van der Waals surface area contributed by atoms with E-state index < -0.39 is 12.1 Å². The lowest BCUT2D eigenvalue weighted by Crippen LogP contribution is -2.24. The summed E-state index contributed by atoms with van der Waals surface area (Å²) < 4.78 is 0. The molecule has 4 nitrogen and oxygen atoms in total. The smallest absolute Gasteiger partial charge is 0.0882 e. The first-order chi connectivity index (χ1) is 6.68. The van der Waals surface area contributed by atoms with Crippen molar-refractivity contribution >= 4 is 11.0 Å². The third kappa shape index (κ3) is 1.49. The van der Waals surface area contributed by atoms with E-state index in [1.54, 1.807) is 6.92 Å². The molecule has 0 aliphatic heterocycles. The van der Waals surface area contributed by atoms with Gasteiger partial charge >= 0.3 is 0 Å². The maximum Gasteiger partial charge on any atom is 0.0882 e. The summed E-state index contributed by atoms with van der Waals surface area (Å²) in [7, 11) is 0. The van der Waals surface area contributed by atoms with Gasteiger partial charge < -0.3 is 15.8 Å². The number of fused-ring (bicyclic) bond motifs is 1. The van der Waals surface area contributed by atoms with Gasteiger partial charge in [-0.2, -0.15) is 0 Å². The average molecular weight is 191 g/mol. The lowest BCUT2D eigenvalue weighted by atomic mass is 10.1.